The maximum atomic E-state index is 5.72. The second-order valence-electron chi connectivity index (χ2n) is 3.30. The molecule has 2 rings (SSSR count). The highest BCUT2D eigenvalue weighted by molar-refractivity contribution is 14.1. The minimum atomic E-state index is 0.131. The summed E-state index contributed by atoms with van der Waals surface area (Å²) in [5.74, 6) is 0. The predicted molar refractivity (Wildman–Crippen MR) is 69.8 cm³/mol. The molecule has 0 spiro atoms. The zero-order chi connectivity index (χ0) is 10.1. The third kappa shape index (κ3) is 1.90. The molecule has 1 nitrogen and oxygen atoms in total. The molecule has 0 saturated heterocycles. The summed E-state index contributed by atoms with van der Waals surface area (Å²) in [6.07, 6.45) is 0.131. The summed E-state index contributed by atoms with van der Waals surface area (Å²) >= 11 is 5.86. The first-order chi connectivity index (χ1) is 6.70. The van der Waals surface area contributed by atoms with Crippen LogP contribution >= 0.6 is 38.5 Å². The zero-order valence-electron chi connectivity index (χ0n) is 7.76. The van der Waals surface area contributed by atoms with Gasteiger partial charge in [-0.3, -0.25) is 0 Å². The van der Waals surface area contributed by atoms with Gasteiger partial charge in [-0.1, -0.05) is 40.2 Å². The van der Waals surface area contributed by atoms with E-state index in [2.05, 4.69) is 69.7 Å². The van der Waals surface area contributed by atoms with Gasteiger partial charge in [-0.2, -0.15) is 0 Å². The van der Waals surface area contributed by atoms with Crippen molar-refractivity contribution in [3.05, 3.63) is 43.5 Å². The number of hydrogen-bond acceptors (Lipinski definition) is 1. The molecule has 0 fully saturated rings. The standard InChI is InChI=1S/C11H10BrIO/c1-7-4-2-3-5-8(7)11-10(13)9(12)6-14-11/h2-5,11H,6H2,1H3. The fourth-order valence-electron chi connectivity index (χ4n) is 1.55. The number of benzene rings is 1. The lowest BCUT2D eigenvalue weighted by molar-refractivity contribution is 0.127. The third-order valence-electron chi connectivity index (χ3n) is 2.34. The Kier molecular flexibility index (Phi) is 3.29. The molecule has 0 N–H and O–H groups in total. The summed E-state index contributed by atoms with van der Waals surface area (Å²) < 4.78 is 8.15. The molecule has 1 aromatic rings. The molecule has 14 heavy (non-hydrogen) atoms. The molecule has 1 aliphatic heterocycles. The highest BCUT2D eigenvalue weighted by Gasteiger charge is 2.25. The molecule has 1 atom stereocenters. The van der Waals surface area contributed by atoms with Crippen LogP contribution in [0.4, 0.5) is 0 Å². The predicted octanol–water partition coefficient (Wildman–Crippen LogP) is 4.11. The fraction of sp³-hybridized carbons (Fsp3) is 0.273. The van der Waals surface area contributed by atoms with E-state index in [1.165, 1.54) is 19.2 Å². The first-order valence-corrected chi connectivity index (χ1v) is 6.28. The molecule has 1 unspecified atom stereocenters. The van der Waals surface area contributed by atoms with Crippen molar-refractivity contribution in [3.8, 4) is 0 Å². The highest BCUT2D eigenvalue weighted by atomic mass is 127. The van der Waals surface area contributed by atoms with Crippen LogP contribution in [0.5, 0.6) is 0 Å². The van der Waals surface area contributed by atoms with Crippen molar-refractivity contribution in [2.24, 2.45) is 0 Å². The normalized spacial score (nSPS) is 21.8. The molecule has 0 aliphatic carbocycles. The highest BCUT2D eigenvalue weighted by Crippen LogP contribution is 2.41. The maximum absolute atomic E-state index is 5.72. The Morgan fingerprint density at radius 1 is 1.43 bits per heavy atom. The molecule has 0 amide bonds. The Morgan fingerprint density at radius 3 is 2.71 bits per heavy atom. The molecule has 0 aromatic heterocycles. The molecule has 1 aliphatic rings. The van der Waals surface area contributed by atoms with Gasteiger partial charge in [-0.15, -0.1) is 0 Å². The van der Waals surface area contributed by atoms with E-state index >= 15 is 0 Å². The zero-order valence-corrected chi connectivity index (χ0v) is 11.5. The van der Waals surface area contributed by atoms with Crippen LogP contribution in [0.2, 0.25) is 0 Å². The molecule has 3 heteroatoms. The lowest BCUT2D eigenvalue weighted by Gasteiger charge is -2.13. The second-order valence-corrected chi connectivity index (χ2v) is 5.42. The summed E-state index contributed by atoms with van der Waals surface area (Å²) in [6, 6.07) is 8.36. The lowest BCUT2D eigenvalue weighted by Crippen LogP contribution is -2.00. The molecule has 0 bridgehead atoms. The molecule has 0 radical (unpaired) electrons. The van der Waals surface area contributed by atoms with Crippen LogP contribution in [0.1, 0.15) is 17.2 Å². The average molecular weight is 365 g/mol. The van der Waals surface area contributed by atoms with E-state index in [0.29, 0.717) is 6.61 Å². The first-order valence-electron chi connectivity index (χ1n) is 4.41. The summed E-state index contributed by atoms with van der Waals surface area (Å²) in [4.78, 5) is 0. The van der Waals surface area contributed by atoms with Crippen LogP contribution in [0, 0.1) is 6.92 Å². The molecular weight excluding hydrogens is 355 g/mol. The van der Waals surface area contributed by atoms with Crippen molar-refractivity contribution in [3.63, 3.8) is 0 Å². The van der Waals surface area contributed by atoms with Gasteiger partial charge in [0.1, 0.15) is 6.10 Å². The summed E-state index contributed by atoms with van der Waals surface area (Å²) in [5, 5.41) is 0. The largest absolute Gasteiger partial charge is 0.363 e. The Morgan fingerprint density at radius 2 is 2.14 bits per heavy atom. The number of halogens is 2. The first kappa shape index (κ1) is 10.6. The van der Waals surface area contributed by atoms with Gasteiger partial charge in [0.15, 0.2) is 0 Å². The molecular formula is C11H10BrIO. The molecule has 1 aromatic carbocycles. The molecule has 1 heterocycles. The molecule has 74 valence electrons. The second kappa shape index (κ2) is 4.33. The number of rotatable bonds is 1. The lowest BCUT2D eigenvalue weighted by atomic mass is 10.0. The van der Waals surface area contributed by atoms with Crippen LogP contribution in [0.25, 0.3) is 0 Å². The van der Waals surface area contributed by atoms with Crippen LogP contribution in [-0.4, -0.2) is 6.61 Å². The summed E-state index contributed by atoms with van der Waals surface area (Å²) in [5.41, 5.74) is 2.56. The van der Waals surface area contributed by atoms with Crippen molar-refractivity contribution < 1.29 is 4.74 Å². The monoisotopic (exact) mass is 364 g/mol. The van der Waals surface area contributed by atoms with E-state index in [-0.39, 0.29) is 6.10 Å². The number of hydrogen-bond donors (Lipinski definition) is 0. The Labute approximate surface area is 106 Å². The topological polar surface area (TPSA) is 9.23 Å². The quantitative estimate of drug-likeness (QED) is 0.681. The Balaban J connectivity index is 2.38. The van der Waals surface area contributed by atoms with E-state index in [1.807, 2.05) is 0 Å². The van der Waals surface area contributed by atoms with Gasteiger partial charge in [0.2, 0.25) is 0 Å². The smallest absolute Gasteiger partial charge is 0.115 e. The Hall–Kier alpha value is 0.130. The van der Waals surface area contributed by atoms with Crippen molar-refractivity contribution in [2.45, 2.75) is 13.0 Å². The van der Waals surface area contributed by atoms with Crippen LogP contribution in [0.3, 0.4) is 0 Å². The van der Waals surface area contributed by atoms with E-state index in [1.54, 1.807) is 0 Å². The summed E-state index contributed by atoms with van der Waals surface area (Å²) in [6.45, 7) is 2.81. The van der Waals surface area contributed by atoms with E-state index in [4.69, 9.17) is 4.74 Å². The van der Waals surface area contributed by atoms with Crippen molar-refractivity contribution in [2.75, 3.05) is 6.61 Å². The van der Waals surface area contributed by atoms with Crippen LogP contribution in [0.15, 0.2) is 32.3 Å². The summed E-state index contributed by atoms with van der Waals surface area (Å²) in [7, 11) is 0. The third-order valence-corrected chi connectivity index (χ3v) is 4.95. The van der Waals surface area contributed by atoms with Gasteiger partial charge in [-0.05, 0) is 40.6 Å². The van der Waals surface area contributed by atoms with Gasteiger partial charge in [-0.25, -0.2) is 0 Å². The van der Waals surface area contributed by atoms with Crippen molar-refractivity contribution in [1.82, 2.24) is 0 Å². The van der Waals surface area contributed by atoms with E-state index in [0.717, 1.165) is 0 Å². The van der Waals surface area contributed by atoms with Crippen LogP contribution < -0.4 is 0 Å². The minimum absolute atomic E-state index is 0.131. The minimum Gasteiger partial charge on any atom is -0.363 e. The van der Waals surface area contributed by atoms with Gasteiger partial charge < -0.3 is 4.74 Å². The Bertz CT molecular complexity index is 387. The molecule has 0 saturated carbocycles. The van der Waals surface area contributed by atoms with E-state index in [9.17, 15) is 0 Å². The van der Waals surface area contributed by atoms with Gasteiger partial charge >= 0.3 is 0 Å². The van der Waals surface area contributed by atoms with Crippen molar-refractivity contribution in [1.29, 1.82) is 0 Å². The van der Waals surface area contributed by atoms with Gasteiger partial charge in [0.05, 0.1) is 6.61 Å². The van der Waals surface area contributed by atoms with Gasteiger partial charge in [0.25, 0.3) is 0 Å². The maximum Gasteiger partial charge on any atom is 0.115 e. The SMILES string of the molecule is Cc1ccccc1C1OCC(Br)=C1I. The van der Waals surface area contributed by atoms with Crippen LogP contribution in [-0.2, 0) is 4.74 Å². The number of aryl methyl sites for hydroxylation is 1. The van der Waals surface area contributed by atoms with Crippen molar-refractivity contribution >= 4 is 38.5 Å². The fourth-order valence-corrected chi connectivity index (χ4v) is 2.56. The van der Waals surface area contributed by atoms with Gasteiger partial charge in [0, 0.05) is 8.06 Å². The average Bonchev–Trinajstić information content (AvgIpc) is 2.49. The van der Waals surface area contributed by atoms with E-state index < -0.39 is 0 Å². The number of ether oxygens (including phenoxy) is 1.